The Bertz CT molecular complexity index is 152. The van der Waals surface area contributed by atoms with Crippen molar-refractivity contribution in [3.63, 3.8) is 0 Å². The first-order chi connectivity index (χ1) is 6.31. The maximum absolute atomic E-state index is 11.0. The molecule has 0 aliphatic carbocycles. The SMILES string of the molecule is CCCCCC/C=C/C(=O)CCS. The van der Waals surface area contributed by atoms with Gasteiger partial charge in [0.1, 0.15) is 0 Å². The van der Waals surface area contributed by atoms with E-state index >= 15 is 0 Å². The number of carbonyl (C=O) groups excluding carboxylic acids is 1. The van der Waals surface area contributed by atoms with E-state index in [9.17, 15) is 4.79 Å². The quantitative estimate of drug-likeness (QED) is 0.361. The second kappa shape index (κ2) is 9.85. The van der Waals surface area contributed by atoms with Crippen LogP contribution in [0.2, 0.25) is 0 Å². The highest BCUT2D eigenvalue weighted by Crippen LogP contribution is 2.03. The van der Waals surface area contributed by atoms with Gasteiger partial charge in [-0.25, -0.2) is 0 Å². The minimum Gasteiger partial charge on any atom is -0.295 e. The molecule has 0 aliphatic heterocycles. The number of allylic oxidation sites excluding steroid dienone is 2. The molecule has 13 heavy (non-hydrogen) atoms. The molecule has 0 aromatic rings. The predicted octanol–water partition coefficient (Wildman–Crippen LogP) is 3.40. The van der Waals surface area contributed by atoms with Gasteiger partial charge in [-0.2, -0.15) is 12.6 Å². The summed E-state index contributed by atoms with van der Waals surface area (Å²) in [5.41, 5.74) is 0. The van der Waals surface area contributed by atoms with E-state index in [1.165, 1.54) is 25.7 Å². The molecule has 0 saturated heterocycles. The molecule has 0 amide bonds. The number of ketones is 1. The van der Waals surface area contributed by atoms with Crippen LogP contribution in [0, 0.1) is 0 Å². The van der Waals surface area contributed by atoms with E-state index < -0.39 is 0 Å². The molecule has 0 heterocycles. The summed E-state index contributed by atoms with van der Waals surface area (Å²) in [6.45, 7) is 2.20. The summed E-state index contributed by atoms with van der Waals surface area (Å²) in [6.07, 6.45) is 10.3. The molecule has 0 rings (SSSR count). The Morgan fingerprint density at radius 2 is 2.08 bits per heavy atom. The lowest BCUT2D eigenvalue weighted by atomic mass is 10.1. The molecule has 0 spiro atoms. The zero-order chi connectivity index (χ0) is 9.94. The van der Waals surface area contributed by atoms with Crippen LogP contribution in [0.1, 0.15) is 45.4 Å². The molecule has 0 unspecified atom stereocenters. The van der Waals surface area contributed by atoms with Gasteiger partial charge in [0.2, 0.25) is 0 Å². The van der Waals surface area contributed by atoms with Crippen molar-refractivity contribution in [2.75, 3.05) is 5.75 Å². The molecule has 0 N–H and O–H groups in total. The molecule has 0 fully saturated rings. The van der Waals surface area contributed by atoms with Crippen LogP contribution in [0.4, 0.5) is 0 Å². The zero-order valence-corrected chi connectivity index (χ0v) is 9.35. The summed E-state index contributed by atoms with van der Waals surface area (Å²) in [4.78, 5) is 11.0. The van der Waals surface area contributed by atoms with Gasteiger partial charge in [-0.15, -0.1) is 0 Å². The Balaban J connectivity index is 3.25. The minimum atomic E-state index is 0.200. The third kappa shape index (κ3) is 9.68. The summed E-state index contributed by atoms with van der Waals surface area (Å²) in [5.74, 6) is 0.851. The number of carbonyl (C=O) groups is 1. The van der Waals surface area contributed by atoms with Gasteiger partial charge in [-0.3, -0.25) is 4.79 Å². The molecule has 1 nitrogen and oxygen atoms in total. The lowest BCUT2D eigenvalue weighted by Gasteiger charge is -1.93. The van der Waals surface area contributed by atoms with Crippen molar-refractivity contribution in [1.29, 1.82) is 0 Å². The van der Waals surface area contributed by atoms with Crippen LogP contribution in [0.5, 0.6) is 0 Å². The molecule has 76 valence electrons. The van der Waals surface area contributed by atoms with Gasteiger partial charge in [0.25, 0.3) is 0 Å². The molecular formula is C11H20OS. The Hall–Kier alpha value is -0.240. The van der Waals surface area contributed by atoms with Gasteiger partial charge in [0.15, 0.2) is 5.78 Å². The van der Waals surface area contributed by atoms with Crippen LogP contribution in [0.25, 0.3) is 0 Å². The smallest absolute Gasteiger partial charge is 0.156 e. The van der Waals surface area contributed by atoms with E-state index in [2.05, 4.69) is 19.6 Å². The average molecular weight is 200 g/mol. The molecule has 0 aromatic heterocycles. The molecule has 0 aromatic carbocycles. The van der Waals surface area contributed by atoms with E-state index in [0.29, 0.717) is 12.2 Å². The molecular weight excluding hydrogens is 180 g/mol. The summed E-state index contributed by atoms with van der Waals surface area (Å²) < 4.78 is 0. The first-order valence-electron chi connectivity index (χ1n) is 5.11. The highest BCUT2D eigenvalue weighted by atomic mass is 32.1. The van der Waals surface area contributed by atoms with Gasteiger partial charge >= 0.3 is 0 Å². The van der Waals surface area contributed by atoms with Crippen LogP contribution in [-0.2, 0) is 4.79 Å². The van der Waals surface area contributed by atoms with Crippen LogP contribution < -0.4 is 0 Å². The zero-order valence-electron chi connectivity index (χ0n) is 8.46. The highest BCUT2D eigenvalue weighted by Gasteiger charge is 1.92. The molecule has 0 bridgehead atoms. The first-order valence-corrected chi connectivity index (χ1v) is 5.74. The van der Waals surface area contributed by atoms with Crippen molar-refractivity contribution in [2.24, 2.45) is 0 Å². The van der Waals surface area contributed by atoms with Crippen LogP contribution >= 0.6 is 12.6 Å². The average Bonchev–Trinajstić information content (AvgIpc) is 2.11. The monoisotopic (exact) mass is 200 g/mol. The van der Waals surface area contributed by atoms with Crippen molar-refractivity contribution in [1.82, 2.24) is 0 Å². The van der Waals surface area contributed by atoms with Gasteiger partial charge in [-0.05, 0) is 24.7 Å². The topological polar surface area (TPSA) is 17.1 Å². The van der Waals surface area contributed by atoms with Crippen molar-refractivity contribution in [3.8, 4) is 0 Å². The largest absolute Gasteiger partial charge is 0.295 e. The van der Waals surface area contributed by atoms with E-state index in [4.69, 9.17) is 0 Å². The Kier molecular flexibility index (Phi) is 9.66. The fraction of sp³-hybridized carbons (Fsp3) is 0.727. The Morgan fingerprint density at radius 1 is 1.31 bits per heavy atom. The standard InChI is InChI=1S/C11H20OS/c1-2-3-4-5-6-7-8-11(12)9-10-13/h7-8,13H,2-6,9-10H2,1H3/b8-7+. The van der Waals surface area contributed by atoms with E-state index in [1.807, 2.05) is 6.08 Å². The minimum absolute atomic E-state index is 0.200. The van der Waals surface area contributed by atoms with Crippen molar-refractivity contribution in [2.45, 2.75) is 45.4 Å². The third-order valence-electron chi connectivity index (χ3n) is 1.89. The Morgan fingerprint density at radius 3 is 2.69 bits per heavy atom. The van der Waals surface area contributed by atoms with Crippen molar-refractivity contribution in [3.05, 3.63) is 12.2 Å². The fourth-order valence-electron chi connectivity index (χ4n) is 1.10. The summed E-state index contributed by atoms with van der Waals surface area (Å²) in [7, 11) is 0. The van der Waals surface area contributed by atoms with Gasteiger partial charge in [0.05, 0.1) is 0 Å². The highest BCUT2D eigenvalue weighted by molar-refractivity contribution is 7.80. The predicted molar refractivity (Wildman–Crippen MR) is 61.4 cm³/mol. The maximum Gasteiger partial charge on any atom is 0.156 e. The molecule has 0 radical (unpaired) electrons. The van der Waals surface area contributed by atoms with Gasteiger partial charge in [0, 0.05) is 6.42 Å². The molecule has 0 atom stereocenters. The Labute approximate surface area is 87.0 Å². The van der Waals surface area contributed by atoms with Crippen LogP contribution in [0.15, 0.2) is 12.2 Å². The maximum atomic E-state index is 11.0. The van der Waals surface area contributed by atoms with Crippen molar-refractivity contribution >= 4 is 18.4 Å². The summed E-state index contributed by atoms with van der Waals surface area (Å²) in [6, 6.07) is 0. The third-order valence-corrected chi connectivity index (χ3v) is 2.11. The first kappa shape index (κ1) is 12.8. The normalized spacial score (nSPS) is 10.9. The fourth-order valence-corrected chi connectivity index (χ4v) is 1.32. The van der Waals surface area contributed by atoms with Gasteiger partial charge < -0.3 is 0 Å². The van der Waals surface area contributed by atoms with E-state index in [0.717, 1.165) is 6.42 Å². The van der Waals surface area contributed by atoms with Crippen LogP contribution in [-0.4, -0.2) is 11.5 Å². The molecule has 0 saturated carbocycles. The van der Waals surface area contributed by atoms with Crippen LogP contribution in [0.3, 0.4) is 0 Å². The number of hydrogen-bond donors (Lipinski definition) is 1. The summed E-state index contributed by atoms with van der Waals surface area (Å²) >= 11 is 4.00. The van der Waals surface area contributed by atoms with E-state index in [-0.39, 0.29) is 5.78 Å². The lowest BCUT2D eigenvalue weighted by Crippen LogP contribution is -1.92. The van der Waals surface area contributed by atoms with Crippen molar-refractivity contribution < 1.29 is 4.79 Å². The lowest BCUT2D eigenvalue weighted by molar-refractivity contribution is -0.114. The second-order valence-corrected chi connectivity index (χ2v) is 3.64. The summed E-state index contributed by atoms with van der Waals surface area (Å²) in [5, 5.41) is 0. The molecule has 2 heteroatoms. The molecule has 0 aliphatic rings. The number of thiol groups is 1. The van der Waals surface area contributed by atoms with E-state index in [1.54, 1.807) is 6.08 Å². The number of unbranched alkanes of at least 4 members (excludes halogenated alkanes) is 4. The number of rotatable bonds is 8. The number of hydrogen-bond acceptors (Lipinski definition) is 2. The van der Waals surface area contributed by atoms with Gasteiger partial charge in [-0.1, -0.05) is 32.3 Å². The second-order valence-electron chi connectivity index (χ2n) is 3.19.